The maximum absolute atomic E-state index is 11.9. The first-order chi connectivity index (χ1) is 9.82. The normalized spacial score (nSPS) is 11.6. The van der Waals surface area contributed by atoms with Crippen molar-refractivity contribution in [2.24, 2.45) is 5.41 Å². The second-order valence-electron chi connectivity index (χ2n) is 6.08. The monoisotopic (exact) mass is 330 g/mol. The van der Waals surface area contributed by atoms with E-state index in [-0.39, 0.29) is 68.9 Å². The third-order valence-corrected chi connectivity index (χ3v) is 3.14. The summed E-state index contributed by atoms with van der Waals surface area (Å²) in [5.74, 6) is 0.0612. The molecule has 0 aliphatic heterocycles. The van der Waals surface area contributed by atoms with Crippen molar-refractivity contribution < 1.29 is 56.2 Å². The quantitative estimate of drug-likeness (QED) is 0.816. The molecule has 0 bridgehead atoms. The Kier molecular flexibility index (Phi) is 14.1. The zero-order chi connectivity index (χ0) is 16.5. The van der Waals surface area contributed by atoms with Crippen LogP contribution in [0, 0.1) is 12.3 Å². The van der Waals surface area contributed by atoms with E-state index in [2.05, 4.69) is 62.6 Å². The number of rotatable bonds is 5. The molecule has 4 heteroatoms. The molecule has 1 unspecified atom stereocenters. The average molecular weight is 331 g/mol. The zero-order valence-electron chi connectivity index (χ0n) is 15.7. The molecular formula is C18H31KN2O. The Hall–Kier alpha value is 0.286. The number of benzene rings is 1. The number of aryl methyl sites for hydroxylation is 2. The van der Waals surface area contributed by atoms with Crippen LogP contribution in [0.25, 0.3) is 5.32 Å². The zero-order valence-corrected chi connectivity index (χ0v) is 18.8. The summed E-state index contributed by atoms with van der Waals surface area (Å²) < 4.78 is 0. The van der Waals surface area contributed by atoms with Crippen LogP contribution in [0.4, 0.5) is 0 Å². The second kappa shape index (κ2) is 12.7. The molecule has 0 saturated heterocycles. The van der Waals surface area contributed by atoms with Crippen molar-refractivity contribution in [3.8, 4) is 0 Å². The van der Waals surface area contributed by atoms with Crippen LogP contribution in [-0.4, -0.2) is 19.1 Å². The van der Waals surface area contributed by atoms with E-state index < -0.39 is 0 Å². The van der Waals surface area contributed by atoms with Crippen molar-refractivity contribution in [2.45, 2.75) is 60.5 Å². The average Bonchev–Trinajstić information content (AvgIpc) is 2.45. The Morgan fingerprint density at radius 3 is 2.09 bits per heavy atom. The van der Waals surface area contributed by atoms with Crippen LogP contribution in [0.1, 0.15) is 52.2 Å². The van der Waals surface area contributed by atoms with Crippen LogP contribution in [-0.2, 0) is 11.2 Å². The van der Waals surface area contributed by atoms with Crippen molar-refractivity contribution in [1.82, 2.24) is 5.32 Å². The maximum Gasteiger partial charge on any atom is 1.00 e. The van der Waals surface area contributed by atoms with Crippen molar-refractivity contribution in [3.05, 3.63) is 40.7 Å². The summed E-state index contributed by atoms with van der Waals surface area (Å²) in [6, 6.07) is 8.31. The number of hydrogen-bond donors (Lipinski definition) is 1. The van der Waals surface area contributed by atoms with Gasteiger partial charge in [0.05, 0.1) is 0 Å². The molecule has 1 aromatic rings. The van der Waals surface area contributed by atoms with E-state index >= 15 is 0 Å². The third-order valence-electron chi connectivity index (χ3n) is 3.14. The molecule has 120 valence electrons. The first-order valence-corrected chi connectivity index (χ1v) is 7.77. The molecule has 0 aliphatic carbocycles. The van der Waals surface area contributed by atoms with Crippen LogP contribution >= 0.6 is 0 Å². The summed E-state index contributed by atoms with van der Waals surface area (Å²) in [5.41, 5.74) is 2.39. The van der Waals surface area contributed by atoms with Gasteiger partial charge in [0.25, 0.3) is 0 Å². The second-order valence-corrected chi connectivity index (χ2v) is 6.08. The molecular weight excluding hydrogens is 299 g/mol. The first-order valence-electron chi connectivity index (χ1n) is 7.77. The Bertz CT molecular complexity index is 410. The van der Waals surface area contributed by atoms with Gasteiger partial charge in [-0.1, -0.05) is 70.6 Å². The Balaban J connectivity index is 0. The van der Waals surface area contributed by atoms with Crippen molar-refractivity contribution in [3.63, 3.8) is 0 Å². The molecule has 0 aromatic heterocycles. The number of hydrogen-bond acceptors (Lipinski definition) is 1. The largest absolute Gasteiger partial charge is 1.00 e. The van der Waals surface area contributed by atoms with Gasteiger partial charge in [-0.15, -0.1) is 0 Å². The molecule has 0 radical (unpaired) electrons. The van der Waals surface area contributed by atoms with Gasteiger partial charge in [0.2, 0.25) is 5.91 Å². The molecule has 0 spiro atoms. The van der Waals surface area contributed by atoms with Crippen LogP contribution in [0.5, 0.6) is 0 Å². The minimum Gasteiger partial charge on any atom is -0.645 e. The Labute approximate surface area is 179 Å². The predicted octanol–water partition coefficient (Wildman–Crippen LogP) is 1.45. The molecule has 22 heavy (non-hydrogen) atoms. The summed E-state index contributed by atoms with van der Waals surface area (Å²) in [6.07, 6.45) is 1.15. The summed E-state index contributed by atoms with van der Waals surface area (Å²) in [5, 5.41) is 7.22. The van der Waals surface area contributed by atoms with Crippen LogP contribution in [0.3, 0.4) is 0 Å². The van der Waals surface area contributed by atoms with Crippen LogP contribution in [0.2, 0.25) is 0 Å². The molecule has 3 nitrogen and oxygen atoms in total. The van der Waals surface area contributed by atoms with Gasteiger partial charge in [-0.2, -0.15) is 7.05 Å². The van der Waals surface area contributed by atoms with Crippen LogP contribution < -0.4 is 56.7 Å². The first kappa shape index (κ1) is 24.5. The van der Waals surface area contributed by atoms with E-state index in [9.17, 15) is 4.79 Å². The molecule has 1 amide bonds. The Morgan fingerprint density at radius 2 is 1.68 bits per heavy atom. The molecule has 1 aromatic carbocycles. The van der Waals surface area contributed by atoms with Gasteiger partial charge in [-0.25, -0.2) is 0 Å². The summed E-state index contributed by atoms with van der Waals surface area (Å²) in [6.45, 7) is 12.3. The summed E-state index contributed by atoms with van der Waals surface area (Å²) in [4.78, 5) is 11.9. The maximum atomic E-state index is 11.9. The fraction of sp³-hybridized carbons (Fsp3) is 0.611. The van der Waals surface area contributed by atoms with Gasteiger partial charge in [-0.05, 0) is 24.3 Å². The smallest absolute Gasteiger partial charge is 0.645 e. The molecule has 0 fully saturated rings. The summed E-state index contributed by atoms with van der Waals surface area (Å²) >= 11 is 0. The summed E-state index contributed by atoms with van der Waals surface area (Å²) in [7, 11) is 1.75. The van der Waals surface area contributed by atoms with Crippen LogP contribution in [0.15, 0.2) is 24.3 Å². The molecule has 1 rings (SSSR count). The fourth-order valence-electron chi connectivity index (χ4n) is 1.91. The SMILES string of the molecule is CC.C[N-]C(NC(=O)CCc1ccc(C)cc1)C(C)(C)C.[K+]. The molecule has 0 aliphatic rings. The van der Waals surface area contributed by atoms with E-state index in [1.807, 2.05) is 13.8 Å². The topological polar surface area (TPSA) is 43.2 Å². The van der Waals surface area contributed by atoms with E-state index in [4.69, 9.17) is 0 Å². The molecule has 1 atom stereocenters. The van der Waals surface area contributed by atoms with Gasteiger partial charge < -0.3 is 10.6 Å². The molecule has 0 heterocycles. The van der Waals surface area contributed by atoms with Gasteiger partial charge in [0.15, 0.2) is 0 Å². The standard InChI is InChI=1S/C16H25N2O.C2H6.K/c1-12-6-8-13(9-7-12)10-11-14(19)18-15(17-5)16(2,3)4;1-2;/h6-9,15H,10-11H2,1-5H3,(H,18,19);1-2H3;/q-1;;+1. The third kappa shape index (κ3) is 10.1. The molecule has 0 saturated carbocycles. The number of nitrogens with one attached hydrogen (secondary N) is 1. The number of carbonyl (C=O) groups excluding carboxylic acids is 1. The van der Waals surface area contributed by atoms with Crippen molar-refractivity contribution >= 4 is 5.91 Å². The van der Waals surface area contributed by atoms with Gasteiger partial charge in [0, 0.05) is 6.42 Å². The van der Waals surface area contributed by atoms with E-state index in [1.165, 1.54) is 11.1 Å². The van der Waals surface area contributed by atoms with Gasteiger partial charge in [0.1, 0.15) is 0 Å². The Morgan fingerprint density at radius 1 is 1.18 bits per heavy atom. The minimum atomic E-state index is -0.127. The van der Waals surface area contributed by atoms with Gasteiger partial charge in [-0.3, -0.25) is 4.79 Å². The number of nitrogens with zero attached hydrogens (tertiary/aromatic N) is 1. The van der Waals surface area contributed by atoms with E-state index in [1.54, 1.807) is 7.05 Å². The van der Waals surface area contributed by atoms with E-state index in [0.717, 1.165) is 6.42 Å². The van der Waals surface area contributed by atoms with E-state index in [0.29, 0.717) is 6.42 Å². The van der Waals surface area contributed by atoms with Crippen molar-refractivity contribution in [2.75, 3.05) is 7.05 Å². The van der Waals surface area contributed by atoms with Crippen molar-refractivity contribution in [1.29, 1.82) is 0 Å². The predicted molar refractivity (Wildman–Crippen MR) is 91.5 cm³/mol. The fourth-order valence-corrected chi connectivity index (χ4v) is 1.91. The number of carbonyl (C=O) groups is 1. The van der Waals surface area contributed by atoms with Gasteiger partial charge >= 0.3 is 51.4 Å². The number of amides is 1. The molecule has 1 N–H and O–H groups in total. The minimum absolute atomic E-state index is 0.